The second-order valence-corrected chi connectivity index (χ2v) is 8.17. The molecule has 1 saturated carbocycles. The smallest absolute Gasteiger partial charge is 0.270 e. The largest absolute Gasteiger partial charge is 0.391 e. The molecule has 1 fully saturated rings. The fraction of sp³-hybridized carbons (Fsp3) is 0.348. The average molecular weight is 425 g/mol. The van der Waals surface area contributed by atoms with E-state index in [0.29, 0.717) is 22.8 Å². The molecule has 2 N–H and O–H groups in total. The third-order valence-electron chi connectivity index (χ3n) is 5.58. The lowest BCUT2D eigenvalue weighted by atomic mass is 9.92. The summed E-state index contributed by atoms with van der Waals surface area (Å²) in [6, 6.07) is 11.5. The van der Waals surface area contributed by atoms with E-state index in [1.165, 1.54) is 0 Å². The van der Waals surface area contributed by atoms with Crippen LogP contribution in [0, 0.1) is 6.92 Å². The lowest BCUT2D eigenvalue weighted by Crippen LogP contribution is -2.45. The number of rotatable bonds is 5. The minimum atomic E-state index is -0.496. The second-order valence-electron chi connectivity index (χ2n) is 7.79. The Balaban J connectivity index is 1.52. The molecule has 6 nitrogen and oxygen atoms in total. The van der Waals surface area contributed by atoms with Gasteiger partial charge in [0.25, 0.3) is 5.91 Å². The van der Waals surface area contributed by atoms with Gasteiger partial charge in [0.05, 0.1) is 28.5 Å². The summed E-state index contributed by atoms with van der Waals surface area (Å²) in [7, 11) is 0. The van der Waals surface area contributed by atoms with Crippen molar-refractivity contribution in [1.82, 2.24) is 20.1 Å². The molecule has 1 aromatic carbocycles. The molecule has 2 heterocycles. The Morgan fingerprint density at radius 1 is 1.27 bits per heavy atom. The van der Waals surface area contributed by atoms with Crippen LogP contribution in [-0.4, -0.2) is 37.9 Å². The number of benzene rings is 1. The maximum absolute atomic E-state index is 12.8. The van der Waals surface area contributed by atoms with Crippen LogP contribution in [0.1, 0.15) is 53.0 Å². The number of hydrogen-bond donors (Lipinski definition) is 2. The minimum Gasteiger partial charge on any atom is -0.391 e. The van der Waals surface area contributed by atoms with Crippen molar-refractivity contribution in [2.45, 2.75) is 51.2 Å². The highest BCUT2D eigenvalue weighted by Crippen LogP contribution is 2.24. The molecule has 2 atom stereocenters. The van der Waals surface area contributed by atoms with Crippen LogP contribution < -0.4 is 5.32 Å². The van der Waals surface area contributed by atoms with Crippen LogP contribution in [0.4, 0.5) is 0 Å². The molecule has 0 radical (unpaired) electrons. The number of hydrogen-bond acceptors (Lipinski definition) is 4. The average Bonchev–Trinajstić information content (AvgIpc) is 3.28. The number of pyridine rings is 1. The van der Waals surface area contributed by atoms with Crippen molar-refractivity contribution in [3.8, 4) is 5.69 Å². The summed E-state index contributed by atoms with van der Waals surface area (Å²) >= 11 is 6.50. The number of aliphatic hydroxyl groups excluding tert-OH is 1. The van der Waals surface area contributed by atoms with Gasteiger partial charge in [0, 0.05) is 12.4 Å². The molecule has 2 aromatic heterocycles. The Bertz CT molecular complexity index is 1020. The molecule has 156 valence electrons. The van der Waals surface area contributed by atoms with E-state index < -0.39 is 6.10 Å². The van der Waals surface area contributed by atoms with Crippen LogP contribution in [0.5, 0.6) is 0 Å². The normalized spacial score (nSPS) is 18.9. The summed E-state index contributed by atoms with van der Waals surface area (Å²) in [5, 5.41) is 17.9. The highest BCUT2D eigenvalue weighted by molar-refractivity contribution is 6.32. The third kappa shape index (κ3) is 4.55. The summed E-state index contributed by atoms with van der Waals surface area (Å²) in [6.07, 6.45) is 7.24. The molecule has 0 saturated heterocycles. The summed E-state index contributed by atoms with van der Waals surface area (Å²) in [6.45, 7) is 1.80. The van der Waals surface area contributed by atoms with Crippen molar-refractivity contribution in [3.63, 3.8) is 0 Å². The van der Waals surface area contributed by atoms with Gasteiger partial charge in [0.1, 0.15) is 5.69 Å². The van der Waals surface area contributed by atoms with Crippen molar-refractivity contribution in [1.29, 1.82) is 0 Å². The third-order valence-corrected chi connectivity index (χ3v) is 6.09. The number of nitrogens with one attached hydrogen (secondary N) is 1. The van der Waals surface area contributed by atoms with E-state index in [1.54, 1.807) is 23.9 Å². The zero-order valence-electron chi connectivity index (χ0n) is 16.9. The minimum absolute atomic E-state index is 0.220. The first-order chi connectivity index (χ1) is 14.5. The maximum Gasteiger partial charge on any atom is 0.270 e. The molecule has 3 aromatic rings. The van der Waals surface area contributed by atoms with E-state index in [1.807, 2.05) is 36.5 Å². The number of nitrogens with zero attached hydrogens (tertiary/aromatic N) is 3. The Morgan fingerprint density at radius 3 is 2.73 bits per heavy atom. The second kappa shape index (κ2) is 8.98. The predicted octanol–water partition coefficient (Wildman–Crippen LogP) is 3.85. The van der Waals surface area contributed by atoms with Gasteiger partial charge < -0.3 is 10.4 Å². The fourth-order valence-electron chi connectivity index (χ4n) is 3.90. The number of carbonyl (C=O) groups is 1. The van der Waals surface area contributed by atoms with Crippen molar-refractivity contribution in [3.05, 3.63) is 76.3 Å². The first-order valence-electron chi connectivity index (χ1n) is 10.2. The van der Waals surface area contributed by atoms with E-state index in [9.17, 15) is 9.90 Å². The number of amides is 1. The van der Waals surface area contributed by atoms with Crippen LogP contribution in [0.15, 0.2) is 48.8 Å². The van der Waals surface area contributed by atoms with Gasteiger partial charge in [-0.2, -0.15) is 5.10 Å². The molecule has 4 rings (SSSR count). The molecule has 30 heavy (non-hydrogen) atoms. The molecule has 1 amide bonds. The lowest BCUT2D eigenvalue weighted by molar-refractivity contribution is 0.0713. The Labute approximate surface area is 180 Å². The number of aliphatic hydroxyl groups is 1. The molecular weight excluding hydrogens is 400 g/mol. The van der Waals surface area contributed by atoms with Gasteiger partial charge in [-0.3, -0.25) is 4.79 Å². The first-order valence-corrected chi connectivity index (χ1v) is 10.6. The zero-order chi connectivity index (χ0) is 21.1. The van der Waals surface area contributed by atoms with Crippen LogP contribution in [-0.2, 0) is 6.42 Å². The number of aromatic nitrogens is 3. The van der Waals surface area contributed by atoms with Crippen LogP contribution >= 0.6 is 11.6 Å². The standard InChI is InChI=1S/C23H25ClN4O2/c1-15-22(24)17(13-16-7-9-18(10-8-16)28-12-4-11-25-28)14-20(26-15)23(30)27-19-5-2-3-6-21(19)29/h4,7-12,14,19,21,29H,2-3,5-6,13H2,1H3,(H,27,30). The van der Waals surface area contributed by atoms with Gasteiger partial charge in [-0.25, -0.2) is 9.67 Å². The molecule has 0 spiro atoms. The van der Waals surface area contributed by atoms with E-state index in [-0.39, 0.29) is 11.9 Å². The Hall–Kier alpha value is -2.70. The number of carbonyl (C=O) groups excluding carboxylic acids is 1. The lowest BCUT2D eigenvalue weighted by Gasteiger charge is -2.28. The van der Waals surface area contributed by atoms with Gasteiger partial charge in [-0.05, 0) is 61.6 Å². The molecule has 7 heteroatoms. The van der Waals surface area contributed by atoms with E-state index in [0.717, 1.165) is 42.5 Å². The SMILES string of the molecule is Cc1nc(C(=O)NC2CCCCC2O)cc(Cc2ccc(-n3cccn3)cc2)c1Cl. The van der Waals surface area contributed by atoms with Gasteiger partial charge in [0.15, 0.2) is 0 Å². The van der Waals surface area contributed by atoms with E-state index in [4.69, 9.17) is 11.6 Å². The quantitative estimate of drug-likeness (QED) is 0.651. The molecule has 0 bridgehead atoms. The van der Waals surface area contributed by atoms with Gasteiger partial charge >= 0.3 is 0 Å². The maximum atomic E-state index is 12.8. The predicted molar refractivity (Wildman–Crippen MR) is 116 cm³/mol. The summed E-state index contributed by atoms with van der Waals surface area (Å²) < 4.78 is 1.80. The van der Waals surface area contributed by atoms with E-state index in [2.05, 4.69) is 15.4 Å². The van der Waals surface area contributed by atoms with Crippen molar-refractivity contribution in [2.24, 2.45) is 0 Å². The molecule has 1 aliphatic rings. The van der Waals surface area contributed by atoms with Gasteiger partial charge in [-0.15, -0.1) is 0 Å². The van der Waals surface area contributed by atoms with E-state index >= 15 is 0 Å². The monoisotopic (exact) mass is 424 g/mol. The Kier molecular flexibility index (Phi) is 6.16. The van der Waals surface area contributed by atoms with Crippen LogP contribution in [0.25, 0.3) is 5.69 Å². The number of halogens is 1. The number of aryl methyl sites for hydroxylation is 1. The van der Waals surface area contributed by atoms with Gasteiger partial charge in [-0.1, -0.05) is 36.6 Å². The zero-order valence-corrected chi connectivity index (χ0v) is 17.6. The molecule has 1 aliphatic carbocycles. The topological polar surface area (TPSA) is 80.0 Å². The highest BCUT2D eigenvalue weighted by Gasteiger charge is 2.25. The summed E-state index contributed by atoms with van der Waals surface area (Å²) in [4.78, 5) is 17.1. The van der Waals surface area contributed by atoms with Crippen molar-refractivity contribution >= 4 is 17.5 Å². The highest BCUT2D eigenvalue weighted by atomic mass is 35.5. The summed E-state index contributed by atoms with van der Waals surface area (Å²) in [5.74, 6) is -0.268. The summed E-state index contributed by atoms with van der Waals surface area (Å²) in [5.41, 5.74) is 3.86. The molecule has 0 aliphatic heterocycles. The van der Waals surface area contributed by atoms with Crippen molar-refractivity contribution < 1.29 is 9.90 Å². The van der Waals surface area contributed by atoms with Crippen LogP contribution in [0.3, 0.4) is 0 Å². The fourth-order valence-corrected chi connectivity index (χ4v) is 4.06. The molecular formula is C23H25ClN4O2. The van der Waals surface area contributed by atoms with Gasteiger partial charge in [0.2, 0.25) is 0 Å². The Morgan fingerprint density at radius 2 is 2.03 bits per heavy atom. The first kappa shape index (κ1) is 20.6. The molecule has 2 unspecified atom stereocenters. The van der Waals surface area contributed by atoms with Crippen LogP contribution in [0.2, 0.25) is 5.02 Å². The van der Waals surface area contributed by atoms with Crippen molar-refractivity contribution in [2.75, 3.05) is 0 Å².